The van der Waals surface area contributed by atoms with Gasteiger partial charge < -0.3 is 14.7 Å². The van der Waals surface area contributed by atoms with Gasteiger partial charge in [-0.25, -0.2) is 0 Å². The highest BCUT2D eigenvalue weighted by atomic mass is 16.5. The highest BCUT2D eigenvalue weighted by Crippen LogP contribution is 2.25. The number of rotatable bonds is 3. The average molecular weight is 307 g/mol. The van der Waals surface area contributed by atoms with Crippen LogP contribution in [0.3, 0.4) is 0 Å². The van der Waals surface area contributed by atoms with Crippen molar-refractivity contribution in [2.45, 2.75) is 51.1 Å². The quantitative estimate of drug-likeness (QED) is 0.919. The highest BCUT2D eigenvalue weighted by molar-refractivity contribution is 5.95. The first-order valence-corrected chi connectivity index (χ1v) is 8.26. The number of likely N-dealkylation sites (tertiary alicyclic amines) is 1. The summed E-state index contributed by atoms with van der Waals surface area (Å²) in [4.78, 5) is 14.6. The van der Waals surface area contributed by atoms with Gasteiger partial charge in [0.15, 0.2) is 0 Å². The number of aromatic nitrogens is 2. The summed E-state index contributed by atoms with van der Waals surface area (Å²) in [6.07, 6.45) is 6.55. The fourth-order valence-electron chi connectivity index (χ4n) is 3.54. The summed E-state index contributed by atoms with van der Waals surface area (Å²) in [5, 5.41) is 14.0. The van der Waals surface area contributed by atoms with Gasteiger partial charge in [-0.3, -0.25) is 9.48 Å². The van der Waals surface area contributed by atoms with E-state index in [0.29, 0.717) is 11.6 Å². The molecule has 0 spiro atoms. The largest absolute Gasteiger partial charge is 0.394 e. The van der Waals surface area contributed by atoms with Crippen LogP contribution in [0.5, 0.6) is 0 Å². The molecule has 6 heteroatoms. The molecule has 0 bridgehead atoms. The number of carbonyl (C=O) groups excluding carboxylic acids is 1. The van der Waals surface area contributed by atoms with Crippen LogP contribution in [0.4, 0.5) is 0 Å². The summed E-state index contributed by atoms with van der Waals surface area (Å²) < 4.78 is 7.37. The Hall–Kier alpha value is -1.40. The minimum Gasteiger partial charge on any atom is -0.394 e. The van der Waals surface area contributed by atoms with Crippen LogP contribution >= 0.6 is 0 Å². The third-order valence-corrected chi connectivity index (χ3v) is 4.91. The molecule has 1 unspecified atom stereocenters. The summed E-state index contributed by atoms with van der Waals surface area (Å²) >= 11 is 0. The Labute approximate surface area is 131 Å². The first-order valence-electron chi connectivity index (χ1n) is 8.26. The van der Waals surface area contributed by atoms with E-state index < -0.39 is 0 Å². The predicted octanol–water partition coefficient (Wildman–Crippen LogP) is 1.53. The first kappa shape index (κ1) is 15.5. The first-order chi connectivity index (χ1) is 10.7. The standard InChI is InChI=1S/C16H25N3O3/c1-12-15(10-17-19(12)13-5-8-22-9-6-13)16(21)18-7-3-2-4-14(18)11-20/h10,13-14,20H,2-9,11H2,1H3. The van der Waals surface area contributed by atoms with E-state index in [2.05, 4.69) is 5.10 Å². The molecule has 1 amide bonds. The molecule has 0 aliphatic carbocycles. The number of hydrogen-bond acceptors (Lipinski definition) is 4. The zero-order valence-electron chi connectivity index (χ0n) is 13.2. The minimum atomic E-state index is -0.0490. The zero-order chi connectivity index (χ0) is 15.5. The second kappa shape index (κ2) is 6.79. The van der Waals surface area contributed by atoms with Crippen molar-refractivity contribution in [1.29, 1.82) is 0 Å². The maximum absolute atomic E-state index is 12.8. The summed E-state index contributed by atoms with van der Waals surface area (Å²) in [5.74, 6) is 0.00885. The Morgan fingerprint density at radius 3 is 2.86 bits per heavy atom. The molecule has 22 heavy (non-hydrogen) atoms. The summed E-state index contributed by atoms with van der Waals surface area (Å²) in [5.41, 5.74) is 1.60. The number of amides is 1. The van der Waals surface area contributed by atoms with Crippen molar-refractivity contribution in [1.82, 2.24) is 14.7 Å². The number of piperidine rings is 1. The maximum atomic E-state index is 12.8. The maximum Gasteiger partial charge on any atom is 0.257 e. The van der Waals surface area contributed by atoms with E-state index in [1.807, 2.05) is 16.5 Å². The molecule has 3 heterocycles. The van der Waals surface area contributed by atoms with Crippen molar-refractivity contribution in [3.63, 3.8) is 0 Å². The number of aliphatic hydroxyl groups excluding tert-OH is 1. The van der Waals surface area contributed by atoms with Gasteiger partial charge in [-0.1, -0.05) is 0 Å². The molecule has 1 atom stereocenters. The number of carbonyl (C=O) groups is 1. The molecule has 3 rings (SSSR count). The monoisotopic (exact) mass is 307 g/mol. The molecule has 0 aromatic carbocycles. The van der Waals surface area contributed by atoms with Gasteiger partial charge in [0.05, 0.1) is 30.5 Å². The molecular weight excluding hydrogens is 282 g/mol. The van der Waals surface area contributed by atoms with Gasteiger partial charge in [0.2, 0.25) is 0 Å². The van der Waals surface area contributed by atoms with Gasteiger partial charge in [0, 0.05) is 25.5 Å². The van der Waals surface area contributed by atoms with Crippen molar-refractivity contribution < 1.29 is 14.6 Å². The Bertz CT molecular complexity index is 523. The van der Waals surface area contributed by atoms with E-state index in [-0.39, 0.29) is 18.6 Å². The smallest absolute Gasteiger partial charge is 0.257 e. The molecule has 6 nitrogen and oxygen atoms in total. The fraction of sp³-hybridized carbons (Fsp3) is 0.750. The topological polar surface area (TPSA) is 67.6 Å². The normalized spacial score (nSPS) is 23.7. The van der Waals surface area contributed by atoms with Gasteiger partial charge in [0.1, 0.15) is 0 Å². The van der Waals surface area contributed by atoms with Gasteiger partial charge in [-0.2, -0.15) is 5.10 Å². The molecule has 1 N–H and O–H groups in total. The van der Waals surface area contributed by atoms with Crippen LogP contribution in [0.25, 0.3) is 0 Å². The van der Waals surface area contributed by atoms with Gasteiger partial charge in [-0.05, 0) is 39.0 Å². The molecule has 1 aromatic heterocycles. The van der Waals surface area contributed by atoms with Crippen molar-refractivity contribution in [2.24, 2.45) is 0 Å². The van der Waals surface area contributed by atoms with Crippen LogP contribution in [-0.2, 0) is 4.74 Å². The zero-order valence-corrected chi connectivity index (χ0v) is 13.2. The fourth-order valence-corrected chi connectivity index (χ4v) is 3.54. The van der Waals surface area contributed by atoms with E-state index in [1.54, 1.807) is 6.20 Å². The van der Waals surface area contributed by atoms with E-state index in [9.17, 15) is 9.90 Å². The van der Waals surface area contributed by atoms with Crippen LogP contribution in [0.1, 0.15) is 54.2 Å². The number of hydrogen-bond donors (Lipinski definition) is 1. The molecule has 0 radical (unpaired) electrons. The molecule has 2 aliphatic rings. The van der Waals surface area contributed by atoms with Crippen LogP contribution in [0.15, 0.2) is 6.20 Å². The second-order valence-electron chi connectivity index (χ2n) is 6.26. The van der Waals surface area contributed by atoms with E-state index in [4.69, 9.17) is 4.74 Å². The second-order valence-corrected chi connectivity index (χ2v) is 6.26. The van der Waals surface area contributed by atoms with Crippen molar-refractivity contribution >= 4 is 5.91 Å². The van der Waals surface area contributed by atoms with Gasteiger partial charge in [-0.15, -0.1) is 0 Å². The molecule has 2 saturated heterocycles. The molecule has 122 valence electrons. The van der Waals surface area contributed by atoms with Crippen molar-refractivity contribution in [2.75, 3.05) is 26.4 Å². The molecular formula is C16H25N3O3. The van der Waals surface area contributed by atoms with Crippen LogP contribution in [0.2, 0.25) is 0 Å². The Morgan fingerprint density at radius 2 is 2.14 bits per heavy atom. The predicted molar refractivity (Wildman–Crippen MR) is 81.8 cm³/mol. The third kappa shape index (κ3) is 2.90. The number of aliphatic hydroxyl groups is 1. The van der Waals surface area contributed by atoms with E-state index in [0.717, 1.165) is 57.6 Å². The molecule has 0 saturated carbocycles. The van der Waals surface area contributed by atoms with Crippen molar-refractivity contribution in [3.8, 4) is 0 Å². The SMILES string of the molecule is Cc1c(C(=O)N2CCCCC2CO)cnn1C1CCOCC1. The van der Waals surface area contributed by atoms with Gasteiger partial charge in [0.25, 0.3) is 5.91 Å². The number of ether oxygens (including phenoxy) is 1. The average Bonchev–Trinajstić information content (AvgIpc) is 2.96. The highest BCUT2D eigenvalue weighted by Gasteiger charge is 2.30. The lowest BCUT2D eigenvalue weighted by Crippen LogP contribution is -2.45. The van der Waals surface area contributed by atoms with Crippen LogP contribution < -0.4 is 0 Å². The lowest BCUT2D eigenvalue weighted by Gasteiger charge is -2.34. The molecule has 1 aromatic rings. The van der Waals surface area contributed by atoms with Crippen LogP contribution in [0, 0.1) is 6.92 Å². The summed E-state index contributed by atoms with van der Waals surface area (Å²) in [6, 6.07) is 0.275. The van der Waals surface area contributed by atoms with Crippen LogP contribution in [-0.4, -0.2) is 58.1 Å². The van der Waals surface area contributed by atoms with Crippen molar-refractivity contribution in [3.05, 3.63) is 17.5 Å². The van der Waals surface area contributed by atoms with E-state index in [1.165, 1.54) is 0 Å². The lowest BCUT2D eigenvalue weighted by molar-refractivity contribution is 0.0501. The summed E-state index contributed by atoms with van der Waals surface area (Å²) in [6.45, 7) is 4.25. The molecule has 2 fully saturated rings. The third-order valence-electron chi connectivity index (χ3n) is 4.91. The van der Waals surface area contributed by atoms with Gasteiger partial charge >= 0.3 is 0 Å². The summed E-state index contributed by atoms with van der Waals surface area (Å²) in [7, 11) is 0. The Balaban J connectivity index is 1.79. The Morgan fingerprint density at radius 1 is 1.36 bits per heavy atom. The molecule has 2 aliphatic heterocycles. The lowest BCUT2D eigenvalue weighted by atomic mass is 10.0. The minimum absolute atomic E-state index is 0.00885. The Kier molecular flexibility index (Phi) is 4.78. The number of nitrogens with zero attached hydrogens (tertiary/aromatic N) is 3. The van der Waals surface area contributed by atoms with E-state index >= 15 is 0 Å².